The van der Waals surface area contributed by atoms with E-state index in [1.165, 1.54) is 0 Å². The lowest BCUT2D eigenvalue weighted by Gasteiger charge is -2.34. The second-order valence-electron chi connectivity index (χ2n) is 7.57. The predicted octanol–water partition coefficient (Wildman–Crippen LogP) is 2.62. The van der Waals surface area contributed by atoms with Crippen LogP contribution in [0.1, 0.15) is 42.0 Å². The molecule has 2 aromatic carbocycles. The maximum absolute atomic E-state index is 12.9. The molecular weight excluding hydrogens is 380 g/mol. The Labute approximate surface area is 176 Å². The van der Waals surface area contributed by atoms with Crippen LogP contribution in [0, 0.1) is 13.8 Å². The van der Waals surface area contributed by atoms with E-state index in [9.17, 15) is 14.4 Å². The Bertz CT molecular complexity index is 914. The number of benzene rings is 2. The van der Waals surface area contributed by atoms with E-state index in [0.717, 1.165) is 29.7 Å². The van der Waals surface area contributed by atoms with Crippen LogP contribution in [0.4, 0.5) is 5.69 Å². The van der Waals surface area contributed by atoms with Crippen LogP contribution in [0.2, 0.25) is 0 Å². The molecule has 1 atom stereocenters. The van der Waals surface area contributed by atoms with Crippen molar-refractivity contribution in [2.24, 2.45) is 0 Å². The molecule has 7 heteroatoms. The molecule has 0 saturated carbocycles. The highest BCUT2D eigenvalue weighted by atomic mass is 16.2. The first-order valence-electron chi connectivity index (χ1n) is 10.2. The monoisotopic (exact) mass is 408 g/mol. The summed E-state index contributed by atoms with van der Waals surface area (Å²) in [5, 5.41) is 3.07. The first-order valence-corrected chi connectivity index (χ1v) is 10.2. The number of aryl methyl sites for hydroxylation is 2. The highest BCUT2D eigenvalue weighted by Gasteiger charge is 2.32. The molecule has 3 rings (SSSR count). The van der Waals surface area contributed by atoms with Crippen LogP contribution >= 0.6 is 0 Å². The number of amides is 3. The number of hydrogen-bond acceptors (Lipinski definition) is 4. The number of carbonyl (C=O) groups excluding carboxylic acids is 3. The van der Waals surface area contributed by atoms with Gasteiger partial charge in [0.15, 0.2) is 0 Å². The van der Waals surface area contributed by atoms with Gasteiger partial charge < -0.3 is 10.2 Å². The van der Waals surface area contributed by atoms with E-state index < -0.39 is 11.9 Å². The SMILES string of the molecule is Cc1ccc(NCC(=O)NNC(=O)C(c2ccccc2)N2CCCCC2=O)c(C)c1. The quantitative estimate of drug-likeness (QED) is 0.641. The van der Waals surface area contributed by atoms with Gasteiger partial charge in [0.25, 0.3) is 11.8 Å². The number of likely N-dealkylation sites (tertiary alicyclic amines) is 1. The number of anilines is 1. The van der Waals surface area contributed by atoms with Gasteiger partial charge >= 0.3 is 0 Å². The van der Waals surface area contributed by atoms with Crippen molar-refractivity contribution in [3.05, 3.63) is 65.2 Å². The molecule has 3 amide bonds. The summed E-state index contributed by atoms with van der Waals surface area (Å²) in [5.74, 6) is -0.857. The number of nitrogens with one attached hydrogen (secondary N) is 3. The molecule has 30 heavy (non-hydrogen) atoms. The Morgan fingerprint density at radius 1 is 1.03 bits per heavy atom. The molecule has 158 valence electrons. The zero-order valence-corrected chi connectivity index (χ0v) is 17.4. The minimum absolute atomic E-state index is 0.0167. The molecule has 0 aromatic heterocycles. The average molecular weight is 409 g/mol. The van der Waals surface area contributed by atoms with E-state index in [2.05, 4.69) is 16.2 Å². The Balaban J connectivity index is 1.61. The third kappa shape index (κ3) is 5.37. The molecule has 2 aromatic rings. The second kappa shape index (κ2) is 9.91. The number of rotatable bonds is 6. The lowest BCUT2D eigenvalue weighted by atomic mass is 10.0. The van der Waals surface area contributed by atoms with Crippen LogP contribution in [-0.2, 0) is 14.4 Å². The minimum atomic E-state index is -0.772. The second-order valence-corrected chi connectivity index (χ2v) is 7.57. The molecule has 1 unspecified atom stereocenters. The zero-order valence-electron chi connectivity index (χ0n) is 17.4. The Morgan fingerprint density at radius 2 is 1.80 bits per heavy atom. The van der Waals surface area contributed by atoms with Crippen molar-refractivity contribution in [3.63, 3.8) is 0 Å². The molecule has 0 aliphatic carbocycles. The summed E-state index contributed by atoms with van der Waals surface area (Å²) in [5.41, 5.74) is 8.70. The molecule has 1 saturated heterocycles. The van der Waals surface area contributed by atoms with Crippen molar-refractivity contribution >= 4 is 23.4 Å². The van der Waals surface area contributed by atoms with E-state index in [0.29, 0.717) is 18.5 Å². The summed E-state index contributed by atoms with van der Waals surface area (Å²) in [7, 11) is 0. The molecule has 1 aliphatic heterocycles. The standard InChI is InChI=1S/C23H28N4O3/c1-16-11-12-19(17(2)14-16)24-15-20(28)25-26-23(30)22(18-8-4-3-5-9-18)27-13-7-6-10-21(27)29/h3-5,8-9,11-12,14,22,24H,6-7,10,13,15H2,1-2H3,(H,25,28)(H,26,30). The average Bonchev–Trinajstić information content (AvgIpc) is 2.74. The van der Waals surface area contributed by atoms with Gasteiger partial charge in [0, 0.05) is 18.7 Å². The van der Waals surface area contributed by atoms with Gasteiger partial charge in [-0.3, -0.25) is 25.2 Å². The van der Waals surface area contributed by atoms with Crippen LogP contribution < -0.4 is 16.2 Å². The van der Waals surface area contributed by atoms with E-state index in [-0.39, 0.29) is 18.4 Å². The number of hydrazine groups is 1. The molecule has 0 radical (unpaired) electrons. The number of nitrogens with zero attached hydrogens (tertiary/aromatic N) is 1. The number of carbonyl (C=O) groups is 3. The Kier molecular flexibility index (Phi) is 7.06. The van der Waals surface area contributed by atoms with Crippen molar-refractivity contribution in [2.75, 3.05) is 18.4 Å². The van der Waals surface area contributed by atoms with Gasteiger partial charge in [0.1, 0.15) is 6.04 Å². The van der Waals surface area contributed by atoms with Gasteiger partial charge in [-0.05, 0) is 43.9 Å². The lowest BCUT2D eigenvalue weighted by Crippen LogP contribution is -2.51. The third-order valence-electron chi connectivity index (χ3n) is 5.18. The first kappa shape index (κ1) is 21.4. The van der Waals surface area contributed by atoms with Crippen molar-refractivity contribution in [3.8, 4) is 0 Å². The first-order chi connectivity index (χ1) is 14.5. The Morgan fingerprint density at radius 3 is 2.50 bits per heavy atom. The summed E-state index contributed by atoms with van der Waals surface area (Å²) in [6, 6.07) is 14.3. The maximum Gasteiger partial charge on any atom is 0.265 e. The lowest BCUT2D eigenvalue weighted by molar-refractivity contribution is -0.143. The molecule has 0 bridgehead atoms. The largest absolute Gasteiger partial charge is 0.376 e. The van der Waals surface area contributed by atoms with E-state index in [4.69, 9.17) is 0 Å². The highest BCUT2D eigenvalue weighted by Crippen LogP contribution is 2.25. The van der Waals surface area contributed by atoms with Crippen LogP contribution in [-0.4, -0.2) is 35.7 Å². The Hall–Kier alpha value is -3.35. The van der Waals surface area contributed by atoms with Gasteiger partial charge in [-0.2, -0.15) is 0 Å². The van der Waals surface area contributed by atoms with Crippen molar-refractivity contribution in [1.29, 1.82) is 0 Å². The van der Waals surface area contributed by atoms with Gasteiger partial charge in [0.2, 0.25) is 5.91 Å². The summed E-state index contributed by atoms with van der Waals surface area (Å²) in [6.07, 6.45) is 2.12. The highest BCUT2D eigenvalue weighted by molar-refractivity contribution is 5.91. The molecule has 1 aliphatic rings. The molecule has 7 nitrogen and oxygen atoms in total. The summed E-state index contributed by atoms with van der Waals surface area (Å²) < 4.78 is 0. The molecular formula is C23H28N4O3. The molecule has 0 spiro atoms. The van der Waals surface area contributed by atoms with Crippen molar-refractivity contribution in [2.45, 2.75) is 39.2 Å². The number of piperidine rings is 1. The van der Waals surface area contributed by atoms with Gasteiger partial charge in [-0.25, -0.2) is 0 Å². The summed E-state index contributed by atoms with van der Waals surface area (Å²) in [4.78, 5) is 39.2. The normalized spacial score (nSPS) is 14.7. The van der Waals surface area contributed by atoms with Gasteiger partial charge in [0.05, 0.1) is 6.54 Å². The predicted molar refractivity (Wildman–Crippen MR) is 115 cm³/mol. The van der Waals surface area contributed by atoms with Crippen molar-refractivity contribution in [1.82, 2.24) is 15.8 Å². The van der Waals surface area contributed by atoms with E-state index in [1.54, 1.807) is 4.90 Å². The fourth-order valence-electron chi connectivity index (χ4n) is 3.64. The smallest absolute Gasteiger partial charge is 0.265 e. The van der Waals surface area contributed by atoms with Gasteiger partial charge in [-0.1, -0.05) is 48.0 Å². The van der Waals surface area contributed by atoms with E-state index >= 15 is 0 Å². The summed E-state index contributed by atoms with van der Waals surface area (Å²) in [6.45, 7) is 4.52. The van der Waals surface area contributed by atoms with Crippen LogP contribution in [0.25, 0.3) is 0 Å². The maximum atomic E-state index is 12.9. The summed E-state index contributed by atoms with van der Waals surface area (Å²) >= 11 is 0. The van der Waals surface area contributed by atoms with Gasteiger partial charge in [-0.15, -0.1) is 0 Å². The third-order valence-corrected chi connectivity index (χ3v) is 5.18. The minimum Gasteiger partial charge on any atom is -0.376 e. The van der Waals surface area contributed by atoms with E-state index in [1.807, 2.05) is 62.4 Å². The fraction of sp³-hybridized carbons (Fsp3) is 0.348. The molecule has 1 fully saturated rings. The van der Waals surface area contributed by atoms with Crippen LogP contribution in [0.15, 0.2) is 48.5 Å². The van der Waals surface area contributed by atoms with Crippen molar-refractivity contribution < 1.29 is 14.4 Å². The topological polar surface area (TPSA) is 90.5 Å². The molecule has 1 heterocycles. The zero-order chi connectivity index (χ0) is 21.5. The van der Waals surface area contributed by atoms with Crippen LogP contribution in [0.5, 0.6) is 0 Å². The van der Waals surface area contributed by atoms with Crippen LogP contribution in [0.3, 0.4) is 0 Å². The fourth-order valence-corrected chi connectivity index (χ4v) is 3.64. The number of hydrogen-bond donors (Lipinski definition) is 3. The molecule has 3 N–H and O–H groups in total.